The molecule has 0 saturated carbocycles. The van der Waals surface area contributed by atoms with Gasteiger partial charge >= 0.3 is 6.03 Å². The van der Waals surface area contributed by atoms with Crippen LogP contribution in [0, 0.1) is 0 Å². The lowest BCUT2D eigenvalue weighted by Crippen LogP contribution is -2.58. The number of benzene rings is 1. The third-order valence-corrected chi connectivity index (χ3v) is 6.03. The fourth-order valence-electron chi connectivity index (χ4n) is 4.16. The highest BCUT2D eigenvalue weighted by Crippen LogP contribution is 2.37. The standard InChI is InChI=1S/C20H29N3O4/c1-15(14-24)22-12-9-20(10-13-22)18(25)21(2)19(26)23(20)11-8-16-4-6-17(27-3)7-5-16/h4-7,15,24H,8-14H2,1-3H3. The van der Waals surface area contributed by atoms with E-state index in [2.05, 4.69) is 4.90 Å². The van der Waals surface area contributed by atoms with Gasteiger partial charge in [0, 0.05) is 32.7 Å². The number of piperidine rings is 1. The second kappa shape index (κ2) is 7.86. The van der Waals surface area contributed by atoms with Crippen LogP contribution >= 0.6 is 0 Å². The molecule has 1 aromatic carbocycles. The number of rotatable bonds is 6. The van der Waals surface area contributed by atoms with E-state index in [4.69, 9.17) is 4.74 Å². The molecule has 2 heterocycles. The lowest BCUT2D eigenvalue weighted by atomic mass is 9.85. The molecule has 7 nitrogen and oxygen atoms in total. The van der Waals surface area contributed by atoms with Crippen LogP contribution in [0.1, 0.15) is 25.3 Å². The van der Waals surface area contributed by atoms with Gasteiger partial charge in [-0.05, 0) is 43.9 Å². The van der Waals surface area contributed by atoms with E-state index in [1.807, 2.05) is 31.2 Å². The van der Waals surface area contributed by atoms with E-state index in [-0.39, 0.29) is 24.6 Å². The van der Waals surface area contributed by atoms with Gasteiger partial charge in [-0.25, -0.2) is 4.79 Å². The number of likely N-dealkylation sites (tertiary alicyclic amines) is 1. The molecule has 1 unspecified atom stereocenters. The molecule has 2 aliphatic heterocycles. The summed E-state index contributed by atoms with van der Waals surface area (Å²) in [6.07, 6.45) is 1.90. The van der Waals surface area contributed by atoms with Gasteiger partial charge in [0.15, 0.2) is 0 Å². The van der Waals surface area contributed by atoms with E-state index in [0.29, 0.717) is 38.9 Å². The van der Waals surface area contributed by atoms with Crippen molar-refractivity contribution < 1.29 is 19.4 Å². The third-order valence-electron chi connectivity index (χ3n) is 6.03. The smallest absolute Gasteiger partial charge is 0.327 e. The number of methoxy groups -OCH3 is 1. The Morgan fingerprint density at radius 2 is 1.81 bits per heavy atom. The van der Waals surface area contributed by atoms with Gasteiger partial charge in [-0.2, -0.15) is 0 Å². The maximum absolute atomic E-state index is 12.9. The Balaban J connectivity index is 1.73. The van der Waals surface area contributed by atoms with Gasteiger partial charge in [-0.3, -0.25) is 14.6 Å². The highest BCUT2D eigenvalue weighted by molar-refractivity contribution is 6.06. The van der Waals surface area contributed by atoms with Crippen LogP contribution in [0.5, 0.6) is 5.75 Å². The van der Waals surface area contributed by atoms with E-state index in [0.717, 1.165) is 11.3 Å². The molecule has 1 atom stereocenters. The molecule has 0 bridgehead atoms. The van der Waals surface area contributed by atoms with Gasteiger partial charge < -0.3 is 14.7 Å². The van der Waals surface area contributed by atoms with Gasteiger partial charge in [0.1, 0.15) is 11.3 Å². The summed E-state index contributed by atoms with van der Waals surface area (Å²) in [5.74, 6) is 0.700. The topological polar surface area (TPSA) is 73.3 Å². The number of hydrogen-bond donors (Lipinski definition) is 1. The van der Waals surface area contributed by atoms with E-state index in [1.165, 1.54) is 4.90 Å². The second-order valence-corrected chi connectivity index (χ2v) is 7.50. The van der Waals surface area contributed by atoms with Gasteiger partial charge in [-0.15, -0.1) is 0 Å². The van der Waals surface area contributed by atoms with Crippen molar-refractivity contribution in [1.29, 1.82) is 0 Å². The monoisotopic (exact) mass is 375 g/mol. The number of likely N-dealkylation sites (N-methyl/N-ethyl adjacent to an activating group) is 1. The molecular weight excluding hydrogens is 346 g/mol. The van der Waals surface area contributed by atoms with Crippen molar-refractivity contribution >= 4 is 11.9 Å². The number of aliphatic hydroxyl groups excluding tert-OH is 1. The summed E-state index contributed by atoms with van der Waals surface area (Å²) >= 11 is 0. The fourth-order valence-corrected chi connectivity index (χ4v) is 4.16. The first-order valence-electron chi connectivity index (χ1n) is 9.50. The quantitative estimate of drug-likeness (QED) is 0.760. The van der Waals surface area contributed by atoms with E-state index in [1.54, 1.807) is 19.1 Å². The Hall–Kier alpha value is -2.12. The van der Waals surface area contributed by atoms with E-state index in [9.17, 15) is 14.7 Å². The first kappa shape index (κ1) is 19.6. The molecule has 1 spiro atoms. The summed E-state index contributed by atoms with van der Waals surface area (Å²) in [6, 6.07) is 7.65. The molecule has 27 heavy (non-hydrogen) atoms. The molecule has 0 aromatic heterocycles. The number of ether oxygens (including phenoxy) is 1. The molecule has 2 saturated heterocycles. The van der Waals surface area contributed by atoms with Crippen molar-refractivity contribution in [2.45, 2.75) is 37.8 Å². The number of hydrogen-bond acceptors (Lipinski definition) is 5. The SMILES string of the molecule is COc1ccc(CCN2C(=O)N(C)C(=O)C23CCN(C(C)CO)CC3)cc1. The van der Waals surface area contributed by atoms with Crippen LogP contribution in [-0.4, -0.2) is 83.7 Å². The number of amides is 3. The molecule has 2 fully saturated rings. The van der Waals surface area contributed by atoms with E-state index >= 15 is 0 Å². The summed E-state index contributed by atoms with van der Waals surface area (Å²) in [7, 11) is 3.20. The largest absolute Gasteiger partial charge is 0.497 e. The second-order valence-electron chi connectivity index (χ2n) is 7.50. The predicted molar refractivity (Wildman–Crippen MR) is 102 cm³/mol. The zero-order chi connectivity index (χ0) is 19.6. The van der Waals surface area contributed by atoms with Crippen LogP contribution in [0.4, 0.5) is 4.79 Å². The minimum Gasteiger partial charge on any atom is -0.497 e. The highest BCUT2D eigenvalue weighted by atomic mass is 16.5. The average molecular weight is 375 g/mol. The summed E-state index contributed by atoms with van der Waals surface area (Å²) in [5, 5.41) is 9.39. The average Bonchev–Trinajstić information content (AvgIpc) is 2.88. The van der Waals surface area contributed by atoms with Crippen LogP contribution in [-0.2, 0) is 11.2 Å². The van der Waals surface area contributed by atoms with Crippen molar-refractivity contribution in [3.8, 4) is 5.75 Å². The van der Waals surface area contributed by atoms with Gasteiger partial charge in [0.05, 0.1) is 13.7 Å². The van der Waals surface area contributed by atoms with Crippen molar-refractivity contribution in [2.24, 2.45) is 0 Å². The Labute approximate surface area is 160 Å². The number of aliphatic hydroxyl groups is 1. The van der Waals surface area contributed by atoms with Gasteiger partial charge in [0.2, 0.25) is 0 Å². The molecule has 2 aliphatic rings. The minimum atomic E-state index is -0.746. The predicted octanol–water partition coefficient (Wildman–Crippen LogP) is 1.35. The van der Waals surface area contributed by atoms with Crippen molar-refractivity contribution in [2.75, 3.05) is 40.4 Å². The summed E-state index contributed by atoms with van der Waals surface area (Å²) in [5.41, 5.74) is 0.358. The highest BCUT2D eigenvalue weighted by Gasteiger charge is 2.56. The molecule has 148 valence electrons. The maximum atomic E-state index is 12.9. The Bertz CT molecular complexity index is 683. The summed E-state index contributed by atoms with van der Waals surface area (Å²) in [6.45, 7) is 3.99. The minimum absolute atomic E-state index is 0.0695. The third kappa shape index (κ3) is 3.53. The zero-order valence-corrected chi connectivity index (χ0v) is 16.4. The summed E-state index contributed by atoms with van der Waals surface area (Å²) in [4.78, 5) is 30.9. The molecule has 1 N–H and O–H groups in total. The Morgan fingerprint density at radius 3 is 2.37 bits per heavy atom. The first-order chi connectivity index (χ1) is 12.9. The van der Waals surface area contributed by atoms with Crippen LogP contribution in [0.2, 0.25) is 0 Å². The van der Waals surface area contributed by atoms with Crippen molar-refractivity contribution in [3.05, 3.63) is 29.8 Å². The number of urea groups is 1. The van der Waals surface area contributed by atoms with Crippen molar-refractivity contribution in [1.82, 2.24) is 14.7 Å². The number of imide groups is 1. The number of carbonyl (C=O) groups excluding carboxylic acids is 2. The molecule has 3 amide bonds. The summed E-state index contributed by atoms with van der Waals surface area (Å²) < 4.78 is 5.18. The lowest BCUT2D eigenvalue weighted by molar-refractivity contribution is -0.135. The number of carbonyl (C=O) groups is 2. The molecule has 0 radical (unpaired) electrons. The van der Waals surface area contributed by atoms with Crippen LogP contribution < -0.4 is 4.74 Å². The first-order valence-corrected chi connectivity index (χ1v) is 9.50. The van der Waals surface area contributed by atoms with E-state index < -0.39 is 5.54 Å². The molecule has 1 aromatic rings. The maximum Gasteiger partial charge on any atom is 0.327 e. The lowest BCUT2D eigenvalue weighted by Gasteiger charge is -2.43. The molecule has 0 aliphatic carbocycles. The number of nitrogens with zero attached hydrogens (tertiary/aromatic N) is 3. The van der Waals surface area contributed by atoms with Crippen LogP contribution in [0.25, 0.3) is 0 Å². The zero-order valence-electron chi connectivity index (χ0n) is 16.4. The van der Waals surface area contributed by atoms with Crippen LogP contribution in [0.15, 0.2) is 24.3 Å². The van der Waals surface area contributed by atoms with Crippen molar-refractivity contribution in [3.63, 3.8) is 0 Å². The molecule has 3 rings (SSSR count). The molecular formula is C20H29N3O4. The molecule has 7 heteroatoms. The Morgan fingerprint density at radius 1 is 1.19 bits per heavy atom. The van der Waals surface area contributed by atoms with Crippen LogP contribution in [0.3, 0.4) is 0 Å². The Kier molecular flexibility index (Phi) is 5.72. The van der Waals surface area contributed by atoms with Gasteiger partial charge in [-0.1, -0.05) is 12.1 Å². The normalized spacial score (nSPS) is 21.2. The fraction of sp³-hybridized carbons (Fsp3) is 0.600. The van der Waals surface area contributed by atoms with Gasteiger partial charge in [0.25, 0.3) is 5.91 Å².